The SMILES string of the molecule is CCC1CCCN1c1c(Cl)cccc1CNC(C)C. The largest absolute Gasteiger partial charge is 0.367 e. The highest BCUT2D eigenvalue weighted by molar-refractivity contribution is 6.33. The molecule has 19 heavy (non-hydrogen) atoms. The van der Waals surface area contributed by atoms with Gasteiger partial charge in [-0.2, -0.15) is 0 Å². The Labute approximate surface area is 122 Å². The summed E-state index contributed by atoms with van der Waals surface area (Å²) in [7, 11) is 0. The van der Waals surface area contributed by atoms with Crippen molar-refractivity contribution in [3.05, 3.63) is 28.8 Å². The summed E-state index contributed by atoms with van der Waals surface area (Å²) in [6.45, 7) is 8.65. The highest BCUT2D eigenvalue weighted by Crippen LogP contribution is 2.35. The quantitative estimate of drug-likeness (QED) is 0.869. The summed E-state index contributed by atoms with van der Waals surface area (Å²) >= 11 is 6.48. The van der Waals surface area contributed by atoms with E-state index in [2.05, 4.69) is 43.1 Å². The van der Waals surface area contributed by atoms with Crippen molar-refractivity contribution in [1.29, 1.82) is 0 Å². The van der Waals surface area contributed by atoms with E-state index >= 15 is 0 Å². The molecular formula is C16H25ClN2. The zero-order valence-corrected chi connectivity index (χ0v) is 13.0. The fourth-order valence-electron chi connectivity index (χ4n) is 2.89. The van der Waals surface area contributed by atoms with Crippen LogP contribution >= 0.6 is 11.6 Å². The Morgan fingerprint density at radius 3 is 2.89 bits per heavy atom. The van der Waals surface area contributed by atoms with Gasteiger partial charge in [-0.15, -0.1) is 0 Å². The van der Waals surface area contributed by atoms with Crippen LogP contribution in [-0.4, -0.2) is 18.6 Å². The van der Waals surface area contributed by atoms with Gasteiger partial charge in [-0.3, -0.25) is 0 Å². The first-order chi connectivity index (χ1) is 9.13. The lowest BCUT2D eigenvalue weighted by atomic mass is 10.1. The molecule has 1 aliphatic heterocycles. The molecule has 0 aliphatic carbocycles. The van der Waals surface area contributed by atoms with E-state index in [9.17, 15) is 0 Å². The number of hydrogen-bond donors (Lipinski definition) is 1. The Bertz CT molecular complexity index is 417. The van der Waals surface area contributed by atoms with Crippen LogP contribution in [0.25, 0.3) is 0 Å². The molecule has 0 bridgehead atoms. The van der Waals surface area contributed by atoms with Crippen LogP contribution in [0.4, 0.5) is 5.69 Å². The second-order valence-corrected chi connectivity index (χ2v) is 6.09. The van der Waals surface area contributed by atoms with Gasteiger partial charge in [0.15, 0.2) is 0 Å². The second kappa shape index (κ2) is 6.62. The van der Waals surface area contributed by atoms with Gasteiger partial charge in [0.2, 0.25) is 0 Å². The number of para-hydroxylation sites is 1. The van der Waals surface area contributed by atoms with Gasteiger partial charge in [0, 0.05) is 25.2 Å². The van der Waals surface area contributed by atoms with Gasteiger partial charge in [0.25, 0.3) is 0 Å². The van der Waals surface area contributed by atoms with Crippen molar-refractivity contribution in [2.45, 2.75) is 58.7 Å². The van der Waals surface area contributed by atoms with Gasteiger partial charge in [-0.25, -0.2) is 0 Å². The minimum Gasteiger partial charge on any atom is -0.367 e. The van der Waals surface area contributed by atoms with Crippen molar-refractivity contribution in [2.24, 2.45) is 0 Å². The van der Waals surface area contributed by atoms with Crippen LogP contribution in [0.15, 0.2) is 18.2 Å². The summed E-state index contributed by atoms with van der Waals surface area (Å²) in [5, 5.41) is 4.39. The standard InChI is InChI=1S/C16H25ClN2/c1-4-14-8-6-10-19(14)16-13(11-18-12(2)3)7-5-9-15(16)17/h5,7,9,12,14,18H,4,6,8,10-11H2,1-3H3. The maximum Gasteiger partial charge on any atom is 0.0643 e. The topological polar surface area (TPSA) is 15.3 Å². The molecular weight excluding hydrogens is 256 g/mol. The Hall–Kier alpha value is -0.730. The van der Waals surface area contributed by atoms with Gasteiger partial charge in [0.05, 0.1) is 10.7 Å². The first-order valence-corrected chi connectivity index (χ1v) is 7.78. The van der Waals surface area contributed by atoms with Crippen molar-refractivity contribution >= 4 is 17.3 Å². The number of halogens is 1. The van der Waals surface area contributed by atoms with Gasteiger partial charge in [-0.05, 0) is 30.9 Å². The van der Waals surface area contributed by atoms with Crippen LogP contribution in [0.5, 0.6) is 0 Å². The lowest BCUT2D eigenvalue weighted by molar-refractivity contribution is 0.585. The molecule has 1 atom stereocenters. The summed E-state index contributed by atoms with van der Waals surface area (Å²) in [4.78, 5) is 2.51. The summed E-state index contributed by atoms with van der Waals surface area (Å²) < 4.78 is 0. The van der Waals surface area contributed by atoms with E-state index in [1.165, 1.54) is 30.5 Å². The Balaban J connectivity index is 2.26. The van der Waals surface area contributed by atoms with Gasteiger partial charge < -0.3 is 10.2 Å². The average molecular weight is 281 g/mol. The maximum atomic E-state index is 6.48. The molecule has 0 saturated carbocycles. The molecule has 2 nitrogen and oxygen atoms in total. The number of hydrogen-bond acceptors (Lipinski definition) is 2. The second-order valence-electron chi connectivity index (χ2n) is 5.68. The summed E-state index contributed by atoms with van der Waals surface area (Å²) in [6.07, 6.45) is 3.77. The fraction of sp³-hybridized carbons (Fsp3) is 0.625. The van der Waals surface area contributed by atoms with Crippen LogP contribution in [-0.2, 0) is 6.54 Å². The molecule has 1 heterocycles. The van der Waals surface area contributed by atoms with Gasteiger partial charge >= 0.3 is 0 Å². The monoisotopic (exact) mass is 280 g/mol. The van der Waals surface area contributed by atoms with Crippen LogP contribution in [0.3, 0.4) is 0 Å². The van der Waals surface area contributed by atoms with Gasteiger partial charge in [0.1, 0.15) is 0 Å². The molecule has 3 heteroatoms. The molecule has 1 unspecified atom stereocenters. The number of rotatable bonds is 5. The van der Waals surface area contributed by atoms with Crippen molar-refractivity contribution in [3.63, 3.8) is 0 Å². The molecule has 2 rings (SSSR count). The molecule has 1 aromatic carbocycles. The molecule has 0 spiro atoms. The smallest absolute Gasteiger partial charge is 0.0643 e. The van der Waals surface area contributed by atoms with E-state index in [1.54, 1.807) is 0 Å². The molecule has 1 N–H and O–H groups in total. The van der Waals surface area contributed by atoms with E-state index in [0.29, 0.717) is 12.1 Å². The maximum absolute atomic E-state index is 6.48. The minimum atomic E-state index is 0.493. The van der Waals surface area contributed by atoms with Gasteiger partial charge in [-0.1, -0.05) is 44.5 Å². The summed E-state index contributed by atoms with van der Waals surface area (Å²) in [5.74, 6) is 0. The number of nitrogens with zero attached hydrogens (tertiary/aromatic N) is 1. The predicted molar refractivity (Wildman–Crippen MR) is 84.1 cm³/mol. The third-order valence-corrected chi connectivity index (χ3v) is 4.21. The number of nitrogens with one attached hydrogen (secondary N) is 1. The van der Waals surface area contributed by atoms with E-state index in [0.717, 1.165) is 18.1 Å². The predicted octanol–water partition coefficient (Wildman–Crippen LogP) is 4.22. The zero-order valence-electron chi connectivity index (χ0n) is 12.2. The molecule has 1 aliphatic rings. The van der Waals surface area contributed by atoms with Crippen molar-refractivity contribution in [2.75, 3.05) is 11.4 Å². The van der Waals surface area contributed by atoms with E-state index in [4.69, 9.17) is 11.6 Å². The lowest BCUT2D eigenvalue weighted by Gasteiger charge is -2.29. The van der Waals surface area contributed by atoms with E-state index in [-0.39, 0.29) is 0 Å². The molecule has 106 valence electrons. The van der Waals surface area contributed by atoms with Crippen LogP contribution in [0, 0.1) is 0 Å². The van der Waals surface area contributed by atoms with Crippen molar-refractivity contribution < 1.29 is 0 Å². The molecule has 0 amide bonds. The number of anilines is 1. The Morgan fingerprint density at radius 2 is 2.21 bits per heavy atom. The highest BCUT2D eigenvalue weighted by atomic mass is 35.5. The Kier molecular flexibility index (Phi) is 5.12. The van der Waals surface area contributed by atoms with Crippen molar-refractivity contribution in [3.8, 4) is 0 Å². The molecule has 0 aromatic heterocycles. The molecule has 0 radical (unpaired) electrons. The normalized spacial score (nSPS) is 19.4. The minimum absolute atomic E-state index is 0.493. The van der Waals surface area contributed by atoms with E-state index < -0.39 is 0 Å². The first kappa shape index (κ1) is 14.7. The number of benzene rings is 1. The average Bonchev–Trinajstić information content (AvgIpc) is 2.84. The van der Waals surface area contributed by atoms with Crippen molar-refractivity contribution in [1.82, 2.24) is 5.32 Å². The first-order valence-electron chi connectivity index (χ1n) is 7.41. The summed E-state index contributed by atoms with van der Waals surface area (Å²) in [6, 6.07) is 7.41. The fourth-order valence-corrected chi connectivity index (χ4v) is 3.20. The Morgan fingerprint density at radius 1 is 1.42 bits per heavy atom. The molecule has 1 fully saturated rings. The summed E-state index contributed by atoms with van der Waals surface area (Å²) in [5.41, 5.74) is 2.57. The molecule has 1 aromatic rings. The highest BCUT2D eigenvalue weighted by Gasteiger charge is 2.26. The zero-order chi connectivity index (χ0) is 13.8. The van der Waals surface area contributed by atoms with Crippen LogP contribution in [0.2, 0.25) is 5.02 Å². The third kappa shape index (κ3) is 3.43. The molecule has 1 saturated heterocycles. The van der Waals surface area contributed by atoms with Crippen LogP contribution in [0.1, 0.15) is 45.6 Å². The van der Waals surface area contributed by atoms with E-state index in [1.807, 2.05) is 6.07 Å². The third-order valence-electron chi connectivity index (χ3n) is 3.91. The lowest BCUT2D eigenvalue weighted by Crippen LogP contribution is -2.31. The van der Waals surface area contributed by atoms with Crippen LogP contribution < -0.4 is 10.2 Å².